The van der Waals surface area contributed by atoms with E-state index in [4.69, 9.17) is 4.74 Å². The highest BCUT2D eigenvalue weighted by molar-refractivity contribution is 6.06. The summed E-state index contributed by atoms with van der Waals surface area (Å²) in [6.45, 7) is 6.64. The van der Waals surface area contributed by atoms with Gasteiger partial charge in [0.2, 0.25) is 0 Å². The standard InChI is InChI=1S/C19H19FN4O3/c1-11(25)17-14-7-12(13-8-21-18(20)22-9-13)5-6-15(14)24(23-17)10-16(26)27-19(2,3)4/h5-9H,10H2,1-4H3. The molecule has 0 saturated carbocycles. The molecule has 140 valence electrons. The normalized spacial score (nSPS) is 11.6. The lowest BCUT2D eigenvalue weighted by atomic mass is 10.0. The van der Waals surface area contributed by atoms with E-state index >= 15 is 0 Å². The third kappa shape index (κ3) is 4.16. The Morgan fingerprint density at radius 3 is 2.41 bits per heavy atom. The van der Waals surface area contributed by atoms with Crippen LogP contribution in [-0.4, -0.2) is 37.1 Å². The number of ketones is 1. The van der Waals surface area contributed by atoms with E-state index in [0.717, 1.165) is 0 Å². The SMILES string of the molecule is CC(=O)c1nn(CC(=O)OC(C)(C)C)c2ccc(-c3cnc(F)nc3)cc12. The van der Waals surface area contributed by atoms with E-state index in [1.165, 1.54) is 24.0 Å². The van der Waals surface area contributed by atoms with Crippen molar-refractivity contribution in [1.82, 2.24) is 19.7 Å². The Bertz CT molecular complexity index is 1020. The Kier molecular flexibility index (Phi) is 4.73. The molecule has 0 atom stereocenters. The number of carbonyl (C=O) groups excluding carboxylic acids is 2. The van der Waals surface area contributed by atoms with Crippen molar-refractivity contribution < 1.29 is 18.7 Å². The van der Waals surface area contributed by atoms with Gasteiger partial charge in [0.1, 0.15) is 17.8 Å². The summed E-state index contributed by atoms with van der Waals surface area (Å²) in [6, 6.07) is 5.27. The number of hydrogen-bond donors (Lipinski definition) is 0. The van der Waals surface area contributed by atoms with Crippen molar-refractivity contribution in [1.29, 1.82) is 0 Å². The average Bonchev–Trinajstić information content (AvgIpc) is 2.92. The molecule has 7 nitrogen and oxygen atoms in total. The Labute approximate surface area is 155 Å². The van der Waals surface area contributed by atoms with E-state index in [0.29, 0.717) is 22.0 Å². The summed E-state index contributed by atoms with van der Waals surface area (Å²) >= 11 is 0. The lowest BCUT2D eigenvalue weighted by molar-refractivity contribution is -0.155. The Hall–Kier alpha value is -3.16. The predicted molar refractivity (Wildman–Crippen MR) is 96.6 cm³/mol. The summed E-state index contributed by atoms with van der Waals surface area (Å²) in [5.41, 5.74) is 1.57. The van der Waals surface area contributed by atoms with E-state index in [-0.39, 0.29) is 18.0 Å². The molecule has 3 aromatic rings. The van der Waals surface area contributed by atoms with Gasteiger partial charge in [0.15, 0.2) is 5.78 Å². The van der Waals surface area contributed by atoms with Crippen LogP contribution >= 0.6 is 0 Å². The van der Waals surface area contributed by atoms with Gasteiger partial charge in [0.05, 0.1) is 5.52 Å². The van der Waals surface area contributed by atoms with Crippen LogP contribution in [0.15, 0.2) is 30.6 Å². The number of hydrogen-bond acceptors (Lipinski definition) is 6. The van der Waals surface area contributed by atoms with E-state index in [2.05, 4.69) is 15.1 Å². The summed E-state index contributed by atoms with van der Waals surface area (Å²) in [5, 5.41) is 4.87. The first-order valence-electron chi connectivity index (χ1n) is 8.35. The van der Waals surface area contributed by atoms with E-state index < -0.39 is 17.6 Å². The molecule has 0 saturated heterocycles. The van der Waals surface area contributed by atoms with Gasteiger partial charge in [0.25, 0.3) is 0 Å². The molecule has 1 aromatic carbocycles. The lowest BCUT2D eigenvalue weighted by Gasteiger charge is -2.19. The minimum atomic E-state index is -0.811. The maximum absolute atomic E-state index is 12.9. The van der Waals surface area contributed by atoms with Crippen LogP contribution < -0.4 is 0 Å². The molecular formula is C19H19FN4O3. The monoisotopic (exact) mass is 370 g/mol. The molecule has 27 heavy (non-hydrogen) atoms. The van der Waals surface area contributed by atoms with Crippen molar-refractivity contribution >= 4 is 22.7 Å². The minimum absolute atomic E-state index is 0.111. The third-order valence-corrected chi connectivity index (χ3v) is 3.74. The number of fused-ring (bicyclic) bond motifs is 1. The van der Waals surface area contributed by atoms with Crippen molar-refractivity contribution in [2.45, 2.75) is 39.8 Å². The van der Waals surface area contributed by atoms with Crippen LogP contribution in [0.1, 0.15) is 38.2 Å². The van der Waals surface area contributed by atoms with Gasteiger partial charge < -0.3 is 4.74 Å². The first-order valence-corrected chi connectivity index (χ1v) is 8.35. The van der Waals surface area contributed by atoms with E-state index in [1.807, 2.05) is 0 Å². The number of esters is 1. The fourth-order valence-corrected chi connectivity index (χ4v) is 2.70. The quantitative estimate of drug-likeness (QED) is 0.398. The zero-order valence-corrected chi connectivity index (χ0v) is 15.5. The lowest BCUT2D eigenvalue weighted by Crippen LogP contribution is -2.26. The van der Waals surface area contributed by atoms with Crippen molar-refractivity contribution in [3.63, 3.8) is 0 Å². The fraction of sp³-hybridized carbons (Fsp3) is 0.316. The van der Waals surface area contributed by atoms with Gasteiger partial charge in [-0.3, -0.25) is 14.3 Å². The van der Waals surface area contributed by atoms with Gasteiger partial charge in [-0.15, -0.1) is 0 Å². The van der Waals surface area contributed by atoms with Gasteiger partial charge in [-0.05, 0) is 38.5 Å². The number of carbonyl (C=O) groups is 2. The molecule has 3 rings (SSSR count). The smallest absolute Gasteiger partial charge is 0.328 e. The molecule has 0 spiro atoms. The van der Waals surface area contributed by atoms with Crippen molar-refractivity contribution in [2.24, 2.45) is 0 Å². The second-order valence-electron chi connectivity index (χ2n) is 7.12. The van der Waals surface area contributed by atoms with E-state index in [9.17, 15) is 14.0 Å². The molecular weight excluding hydrogens is 351 g/mol. The molecule has 8 heteroatoms. The predicted octanol–water partition coefficient (Wildman–Crippen LogP) is 3.18. The number of Topliss-reactive ketones (excluding diaryl/α,β-unsaturated/α-hetero) is 1. The van der Waals surface area contributed by atoms with Gasteiger partial charge in [0, 0.05) is 30.3 Å². The van der Waals surface area contributed by atoms with Gasteiger partial charge in [-0.2, -0.15) is 9.49 Å². The van der Waals surface area contributed by atoms with Crippen molar-refractivity contribution in [3.05, 3.63) is 42.4 Å². The largest absolute Gasteiger partial charge is 0.459 e. The van der Waals surface area contributed by atoms with Gasteiger partial charge in [-0.1, -0.05) is 6.07 Å². The maximum atomic E-state index is 12.9. The second kappa shape index (κ2) is 6.86. The fourth-order valence-electron chi connectivity index (χ4n) is 2.70. The number of aromatic nitrogens is 4. The van der Waals surface area contributed by atoms with Crippen LogP contribution in [0.2, 0.25) is 0 Å². The zero-order chi connectivity index (χ0) is 19.8. The molecule has 0 fully saturated rings. The molecule has 2 heterocycles. The second-order valence-corrected chi connectivity index (χ2v) is 7.12. The molecule has 0 radical (unpaired) electrons. The summed E-state index contributed by atoms with van der Waals surface area (Å²) < 4.78 is 19.7. The van der Waals surface area contributed by atoms with E-state index in [1.54, 1.807) is 39.0 Å². The van der Waals surface area contributed by atoms with Crippen molar-refractivity contribution in [2.75, 3.05) is 0 Å². The Balaban J connectivity index is 2.03. The first-order chi connectivity index (χ1) is 12.6. The summed E-state index contributed by atoms with van der Waals surface area (Å²) in [4.78, 5) is 31.3. The topological polar surface area (TPSA) is 87.0 Å². The van der Waals surface area contributed by atoms with Gasteiger partial charge >= 0.3 is 12.0 Å². The van der Waals surface area contributed by atoms with Crippen LogP contribution in [0.25, 0.3) is 22.0 Å². The number of rotatable bonds is 4. The minimum Gasteiger partial charge on any atom is -0.459 e. The Morgan fingerprint density at radius 2 is 1.81 bits per heavy atom. The molecule has 0 N–H and O–H groups in total. The number of ether oxygens (including phenoxy) is 1. The highest BCUT2D eigenvalue weighted by Crippen LogP contribution is 2.26. The highest BCUT2D eigenvalue weighted by Gasteiger charge is 2.20. The zero-order valence-electron chi connectivity index (χ0n) is 15.5. The summed E-state index contributed by atoms with van der Waals surface area (Å²) in [6.07, 6.45) is 1.92. The molecule has 0 bridgehead atoms. The van der Waals surface area contributed by atoms with Gasteiger partial charge in [-0.25, -0.2) is 9.97 Å². The van der Waals surface area contributed by atoms with Crippen LogP contribution in [0, 0.1) is 6.08 Å². The Morgan fingerprint density at radius 1 is 1.15 bits per heavy atom. The maximum Gasteiger partial charge on any atom is 0.328 e. The van der Waals surface area contributed by atoms with Crippen molar-refractivity contribution in [3.8, 4) is 11.1 Å². The number of halogens is 1. The third-order valence-electron chi connectivity index (χ3n) is 3.74. The molecule has 2 aromatic heterocycles. The van der Waals surface area contributed by atoms with Crippen LogP contribution in [0.5, 0.6) is 0 Å². The number of nitrogens with zero attached hydrogens (tertiary/aromatic N) is 4. The molecule has 0 aliphatic rings. The highest BCUT2D eigenvalue weighted by atomic mass is 19.1. The van der Waals surface area contributed by atoms with Crippen LogP contribution in [-0.2, 0) is 16.1 Å². The first kappa shape index (κ1) is 18.6. The number of benzene rings is 1. The summed E-state index contributed by atoms with van der Waals surface area (Å²) in [5.74, 6) is -0.673. The van der Waals surface area contributed by atoms with Crippen LogP contribution in [0.4, 0.5) is 4.39 Å². The molecule has 0 aliphatic carbocycles. The molecule has 0 unspecified atom stereocenters. The van der Waals surface area contributed by atoms with Crippen LogP contribution in [0.3, 0.4) is 0 Å². The molecule has 0 amide bonds. The summed E-state index contributed by atoms with van der Waals surface area (Å²) in [7, 11) is 0. The average molecular weight is 370 g/mol. The molecule has 0 aliphatic heterocycles.